The first-order valence-electron chi connectivity index (χ1n) is 17.7. The standard InChI is InChI=1S/C30H51O2.C8H13O4.U/c1-19(2)10-9-11-20(3)21-12-16-30(8)26(21)22(31)18-24-28(6)15-14-25(32)27(4,5)23(28)13-17-29(24,30)7;1-8-3-12-7(8)4(2-9)5(10)6(8)11;/h10,21-26,31-32H,9,11-18H2,1-8H3;3-7,9-11H,2H2,1H3;/q2*-1;+2/t21?,22-,23?,24?,25+,26?,28+,29-,30-;4?,5-,6?,7?,8?;/m10./s1. The third-order valence-corrected chi connectivity index (χ3v) is 15.2. The summed E-state index contributed by atoms with van der Waals surface area (Å²) in [7, 11) is 0. The van der Waals surface area contributed by atoms with Crippen LogP contribution in [0.5, 0.6) is 0 Å². The van der Waals surface area contributed by atoms with E-state index in [9.17, 15) is 20.4 Å². The van der Waals surface area contributed by atoms with Gasteiger partial charge in [-0.05, 0) is 91.8 Å². The Bertz CT molecular complexity index is 1070. The second-order valence-corrected chi connectivity index (χ2v) is 17.8. The van der Waals surface area contributed by atoms with Gasteiger partial charge in [-0.15, -0.1) is 0 Å². The molecule has 0 aromatic carbocycles. The molecule has 6 fully saturated rings. The van der Waals surface area contributed by atoms with Crippen LogP contribution in [-0.4, -0.2) is 62.7 Å². The first-order valence-corrected chi connectivity index (χ1v) is 17.7. The Labute approximate surface area is 297 Å². The minimum absolute atomic E-state index is 0. The van der Waals surface area contributed by atoms with Crippen molar-refractivity contribution in [2.45, 2.75) is 151 Å². The van der Waals surface area contributed by atoms with E-state index in [2.05, 4.69) is 61.5 Å². The van der Waals surface area contributed by atoms with Crippen molar-refractivity contribution in [1.82, 2.24) is 0 Å². The average Bonchev–Trinajstić information content (AvgIpc) is 3.38. The largest absolute Gasteiger partial charge is 2.00 e. The molecule has 8 unspecified atom stereocenters. The molecule has 1 heterocycles. The van der Waals surface area contributed by atoms with Gasteiger partial charge in [0.15, 0.2) is 0 Å². The van der Waals surface area contributed by atoms with Crippen molar-refractivity contribution in [1.29, 1.82) is 0 Å². The molecule has 45 heavy (non-hydrogen) atoms. The van der Waals surface area contributed by atoms with Crippen molar-refractivity contribution in [2.75, 3.05) is 6.61 Å². The van der Waals surface area contributed by atoms with Gasteiger partial charge in [-0.2, -0.15) is 19.3 Å². The van der Waals surface area contributed by atoms with E-state index in [1.807, 2.05) is 6.92 Å². The molecular formula is C38H64O6U. The molecule has 6 aliphatic rings. The molecule has 256 valence electrons. The fourth-order valence-corrected chi connectivity index (χ4v) is 12.2. The molecule has 7 heteroatoms. The van der Waals surface area contributed by atoms with Crippen LogP contribution in [0, 0.1) is 100 Å². The van der Waals surface area contributed by atoms with Crippen LogP contribution < -0.4 is 0 Å². The number of hydrogen-bond acceptors (Lipinski definition) is 6. The molecule has 0 spiro atoms. The number of aliphatic hydroxyl groups excluding tert-OH is 5. The number of rotatable bonds is 5. The van der Waals surface area contributed by atoms with Gasteiger partial charge in [0.1, 0.15) is 0 Å². The Morgan fingerprint density at radius 2 is 1.56 bits per heavy atom. The topological polar surface area (TPSA) is 110 Å². The molecule has 1 aliphatic heterocycles. The summed E-state index contributed by atoms with van der Waals surface area (Å²) in [5, 5.41) is 50.6. The van der Waals surface area contributed by atoms with Gasteiger partial charge in [-0.3, -0.25) is 0 Å². The van der Waals surface area contributed by atoms with Gasteiger partial charge in [0, 0.05) is 12.0 Å². The van der Waals surface area contributed by atoms with E-state index in [1.54, 1.807) is 12.5 Å². The first-order chi connectivity index (χ1) is 20.4. The first kappa shape index (κ1) is 38.4. The summed E-state index contributed by atoms with van der Waals surface area (Å²) in [5.74, 6) is 3.38. The number of aliphatic hydroxyl groups is 5. The van der Waals surface area contributed by atoms with E-state index < -0.39 is 17.6 Å². The molecule has 5 N–H and O–H groups in total. The molecule has 14 atom stereocenters. The third-order valence-electron chi connectivity index (χ3n) is 15.2. The van der Waals surface area contributed by atoms with Gasteiger partial charge in [0.05, 0.1) is 31.0 Å². The van der Waals surface area contributed by atoms with Crippen LogP contribution in [0.4, 0.5) is 0 Å². The smallest absolute Gasteiger partial charge is 0.550 e. The third kappa shape index (κ3) is 5.84. The number of fused-ring (bicyclic) bond motifs is 6. The Morgan fingerprint density at radius 1 is 0.911 bits per heavy atom. The van der Waals surface area contributed by atoms with Crippen LogP contribution in [0.2, 0.25) is 0 Å². The summed E-state index contributed by atoms with van der Waals surface area (Å²) in [6.07, 6.45) is 10.4. The molecular weight excluding hydrogens is 790 g/mol. The van der Waals surface area contributed by atoms with Crippen molar-refractivity contribution in [3.63, 3.8) is 0 Å². The molecule has 0 amide bonds. The number of hydrogen-bond donors (Lipinski definition) is 5. The van der Waals surface area contributed by atoms with Gasteiger partial charge in [-0.25, -0.2) is 6.61 Å². The number of allylic oxidation sites excluding steroid dienone is 2. The molecule has 6 nitrogen and oxygen atoms in total. The molecule has 0 bridgehead atoms. The van der Waals surface area contributed by atoms with Crippen LogP contribution in [0.25, 0.3) is 0 Å². The van der Waals surface area contributed by atoms with E-state index in [0.717, 1.165) is 25.7 Å². The molecule has 0 radical (unpaired) electrons. The summed E-state index contributed by atoms with van der Waals surface area (Å²) in [6, 6.07) is 0. The van der Waals surface area contributed by atoms with E-state index in [-0.39, 0.29) is 83.6 Å². The zero-order valence-corrected chi connectivity index (χ0v) is 33.8. The number of ether oxygens (including phenoxy) is 1. The van der Waals surface area contributed by atoms with Crippen LogP contribution in [0.3, 0.4) is 0 Å². The predicted octanol–water partition coefficient (Wildman–Crippen LogP) is 6.24. The second kappa shape index (κ2) is 13.4. The van der Waals surface area contributed by atoms with Gasteiger partial charge < -0.3 is 36.2 Å². The Morgan fingerprint density at radius 3 is 2.09 bits per heavy atom. The van der Waals surface area contributed by atoms with E-state index in [1.165, 1.54) is 37.7 Å². The summed E-state index contributed by atoms with van der Waals surface area (Å²) in [4.78, 5) is 0. The summed E-state index contributed by atoms with van der Waals surface area (Å²) in [5.41, 5.74) is 1.65. The second-order valence-electron chi connectivity index (χ2n) is 17.8. The van der Waals surface area contributed by atoms with E-state index in [0.29, 0.717) is 23.7 Å². The predicted molar refractivity (Wildman–Crippen MR) is 174 cm³/mol. The fraction of sp³-hybridized carbons (Fsp3) is 0.895. The SMILES string of the molecule is CC(C)=CCC[C-](C)C1CC[C@]2(C)C1[C@H](O)CC1[C@@]3(C)CC[C@H](O)C(C)(C)C3CC[C@]12C.CC12[CH-]OC1C(CO)[C@H](O)C2O.[U+2]. The zero-order chi connectivity index (χ0) is 32.6. The molecule has 0 aromatic heterocycles. The van der Waals surface area contributed by atoms with Gasteiger partial charge in [0.2, 0.25) is 0 Å². The maximum absolute atomic E-state index is 11.7. The van der Waals surface area contributed by atoms with Crippen LogP contribution >= 0.6 is 0 Å². The molecule has 5 aliphatic carbocycles. The van der Waals surface area contributed by atoms with Crippen molar-refractivity contribution < 1.29 is 61.4 Å². The van der Waals surface area contributed by atoms with Gasteiger partial charge in [0.25, 0.3) is 0 Å². The Kier molecular flexibility index (Phi) is 11.4. The maximum Gasteiger partial charge on any atom is 2.00 e. The Balaban J connectivity index is 0.000000296. The van der Waals surface area contributed by atoms with Crippen molar-refractivity contribution in [3.05, 3.63) is 24.2 Å². The summed E-state index contributed by atoms with van der Waals surface area (Å²) in [6.45, 7) is 22.3. The van der Waals surface area contributed by atoms with Crippen LogP contribution in [-0.2, 0) is 4.74 Å². The quantitative estimate of drug-likeness (QED) is 0.166. The maximum atomic E-state index is 11.7. The van der Waals surface area contributed by atoms with Gasteiger partial charge in [-0.1, -0.05) is 71.4 Å². The minimum Gasteiger partial charge on any atom is -0.550 e. The minimum atomic E-state index is -0.872. The van der Waals surface area contributed by atoms with Crippen molar-refractivity contribution in [2.24, 2.45) is 56.7 Å². The van der Waals surface area contributed by atoms with E-state index >= 15 is 0 Å². The Hall–Kier alpha value is 0.552. The van der Waals surface area contributed by atoms with Crippen molar-refractivity contribution >= 4 is 0 Å². The summed E-state index contributed by atoms with van der Waals surface area (Å²) < 4.78 is 5.10. The fourth-order valence-electron chi connectivity index (χ4n) is 12.2. The van der Waals surface area contributed by atoms with Gasteiger partial charge >= 0.3 is 31.1 Å². The normalized spacial score (nSPS) is 50.9. The van der Waals surface area contributed by atoms with Crippen molar-refractivity contribution in [3.8, 4) is 0 Å². The van der Waals surface area contributed by atoms with Crippen LogP contribution in [0.15, 0.2) is 11.6 Å². The molecule has 1 saturated heterocycles. The zero-order valence-electron chi connectivity index (χ0n) is 29.6. The molecule has 6 rings (SSSR count). The molecule has 5 saturated carbocycles. The summed E-state index contributed by atoms with van der Waals surface area (Å²) >= 11 is 0. The molecule has 0 aromatic rings. The monoisotopic (exact) mass is 855 g/mol. The van der Waals surface area contributed by atoms with Crippen LogP contribution in [0.1, 0.15) is 120 Å². The average molecular weight is 855 g/mol. The van der Waals surface area contributed by atoms with E-state index in [4.69, 9.17) is 9.84 Å².